The molecule has 74 heavy (non-hydrogen) atoms. The normalized spacial score (nSPS) is 38.4. The Kier molecular flexibility index (Phi) is 19.6. The fraction of sp³-hybridized carbons (Fsp3) is 0.875. The summed E-state index contributed by atoms with van der Waals surface area (Å²) in [5, 5.41) is 23.5. The van der Waals surface area contributed by atoms with Crippen LogP contribution in [0.3, 0.4) is 0 Å². The number of carbonyl (C=O) groups excluding carboxylic acids is 1. The fourth-order valence-corrected chi connectivity index (χ4v) is 13.0. The minimum absolute atomic E-state index is 0.00657. The highest BCUT2D eigenvalue weighted by atomic mass is 19.1. The van der Waals surface area contributed by atoms with Crippen molar-refractivity contribution >= 4 is 5.78 Å². The Labute approximate surface area is 438 Å². The number of aliphatic hydroxyl groups excluding tert-OH is 1. The van der Waals surface area contributed by atoms with E-state index in [4.69, 9.17) is 52.1 Å². The number of ketones is 1. The van der Waals surface area contributed by atoms with Crippen molar-refractivity contribution in [2.75, 3.05) is 46.8 Å². The Balaban J connectivity index is 0.815. The summed E-state index contributed by atoms with van der Waals surface area (Å²) in [6, 6.07) is 0. The van der Waals surface area contributed by atoms with Crippen LogP contribution in [-0.2, 0) is 70.0 Å². The first-order valence-electron chi connectivity index (χ1n) is 28.4. The van der Waals surface area contributed by atoms with Gasteiger partial charge in [0.05, 0.1) is 110 Å². The van der Waals surface area contributed by atoms with Gasteiger partial charge in [0.2, 0.25) is 0 Å². The summed E-state index contributed by atoms with van der Waals surface area (Å²) in [6.07, 6.45) is 9.31. The molecule has 0 aliphatic carbocycles. The SMILES string of the molecule is C=C1CC2CCCO[C@@H]3C4O[C@@H]5CCOC5[C@@H]4OC4CC[C@H](CC(=O)C[C@@H]5[C@@H](OC)[C@@H](CC(O)CNCc6cn(CCOC(C)(C)CCOC(C)(CC)CCF)nn6)O[C@H]5CC5OC(CCC5=C)CCC1O2)O[C@@H]43. The molecule has 9 rings (SSSR count). The molecule has 9 heterocycles. The number of nitrogens with one attached hydrogen (secondary N) is 1. The van der Waals surface area contributed by atoms with Gasteiger partial charge in [-0.1, -0.05) is 25.3 Å². The van der Waals surface area contributed by atoms with E-state index in [1.54, 1.807) is 11.8 Å². The molecule has 8 saturated heterocycles. The van der Waals surface area contributed by atoms with E-state index in [9.17, 15) is 14.3 Å². The number of rotatable bonds is 18. The second-order valence-corrected chi connectivity index (χ2v) is 23.5. The largest absolute Gasteiger partial charge is 0.392 e. The molecule has 418 valence electrons. The van der Waals surface area contributed by atoms with Crippen LogP contribution >= 0.6 is 0 Å². The van der Waals surface area contributed by atoms with Crippen LogP contribution in [0.15, 0.2) is 30.5 Å². The zero-order valence-corrected chi connectivity index (χ0v) is 45.0. The molecule has 9 unspecified atom stereocenters. The third kappa shape index (κ3) is 14.1. The number of methoxy groups -OCH3 is 1. The van der Waals surface area contributed by atoms with Crippen LogP contribution in [0.5, 0.6) is 0 Å². The van der Waals surface area contributed by atoms with Gasteiger partial charge in [-0.25, -0.2) is 4.68 Å². The maximum atomic E-state index is 14.4. The van der Waals surface area contributed by atoms with Gasteiger partial charge in [0.25, 0.3) is 0 Å². The molecular formula is C56H89FN4O13. The summed E-state index contributed by atoms with van der Waals surface area (Å²) in [5.41, 5.74) is 2.03. The average Bonchev–Trinajstić information content (AvgIpc) is 4.21. The number of fused-ring (bicyclic) bond motifs is 10. The molecule has 0 aromatic carbocycles. The van der Waals surface area contributed by atoms with E-state index in [1.807, 2.05) is 33.9 Å². The van der Waals surface area contributed by atoms with Gasteiger partial charge in [-0.15, -0.1) is 5.10 Å². The first-order chi connectivity index (χ1) is 35.7. The topological polar surface area (TPSA) is 182 Å². The van der Waals surface area contributed by atoms with E-state index < -0.39 is 36.2 Å². The molecule has 1 aromatic rings. The number of nitrogens with zero attached hydrogens (tertiary/aromatic N) is 3. The quantitative estimate of drug-likeness (QED) is 0.149. The predicted octanol–water partition coefficient (Wildman–Crippen LogP) is 6.63. The van der Waals surface area contributed by atoms with Gasteiger partial charge < -0.3 is 62.5 Å². The van der Waals surface area contributed by atoms with Crippen LogP contribution in [0, 0.1) is 5.92 Å². The summed E-state index contributed by atoms with van der Waals surface area (Å²) in [6.45, 7) is 19.9. The van der Waals surface area contributed by atoms with Gasteiger partial charge in [0.15, 0.2) is 0 Å². The number of hydrogen-bond acceptors (Lipinski definition) is 16. The monoisotopic (exact) mass is 1040 g/mol. The zero-order valence-electron chi connectivity index (χ0n) is 45.0. The van der Waals surface area contributed by atoms with Crippen LogP contribution in [0.1, 0.15) is 143 Å². The van der Waals surface area contributed by atoms with Crippen molar-refractivity contribution in [2.24, 2.45) is 5.92 Å². The van der Waals surface area contributed by atoms with E-state index in [0.29, 0.717) is 71.6 Å². The van der Waals surface area contributed by atoms with Gasteiger partial charge in [-0.2, -0.15) is 0 Å². The highest BCUT2D eigenvalue weighted by molar-refractivity contribution is 5.79. The molecule has 0 saturated carbocycles. The molecule has 2 N–H and O–H groups in total. The summed E-state index contributed by atoms with van der Waals surface area (Å²) in [4.78, 5) is 14.4. The van der Waals surface area contributed by atoms with Gasteiger partial charge >= 0.3 is 0 Å². The molecule has 0 radical (unpaired) electrons. The molecule has 8 aliphatic heterocycles. The van der Waals surface area contributed by atoms with E-state index in [1.165, 1.54) is 0 Å². The smallest absolute Gasteiger partial charge is 0.135 e. The van der Waals surface area contributed by atoms with E-state index in [-0.39, 0.29) is 110 Å². The lowest BCUT2D eigenvalue weighted by Crippen LogP contribution is -2.62. The molecule has 8 aliphatic rings. The number of Topliss-reactive ketones (excluding diaryl/α,β-unsaturated/α-hetero) is 1. The van der Waals surface area contributed by atoms with Crippen LogP contribution < -0.4 is 5.32 Å². The molecule has 0 amide bonds. The maximum Gasteiger partial charge on any atom is 0.135 e. The Bertz CT molecular complexity index is 2000. The van der Waals surface area contributed by atoms with Crippen molar-refractivity contribution in [3.63, 3.8) is 0 Å². The van der Waals surface area contributed by atoms with Gasteiger partial charge in [0, 0.05) is 77.6 Å². The number of aromatic nitrogens is 3. The van der Waals surface area contributed by atoms with Crippen molar-refractivity contribution in [2.45, 2.75) is 259 Å². The van der Waals surface area contributed by atoms with Crippen LogP contribution in [0.25, 0.3) is 0 Å². The first-order valence-corrected chi connectivity index (χ1v) is 28.4. The Morgan fingerprint density at radius 1 is 0.811 bits per heavy atom. The van der Waals surface area contributed by atoms with Gasteiger partial charge in [-0.05, 0) is 109 Å². The summed E-state index contributed by atoms with van der Waals surface area (Å²) in [7, 11) is 1.67. The Morgan fingerprint density at radius 2 is 1.58 bits per heavy atom. The lowest BCUT2D eigenvalue weighted by Gasteiger charge is -2.48. The molecular weight excluding hydrogens is 956 g/mol. The summed E-state index contributed by atoms with van der Waals surface area (Å²) in [5.74, 6) is -0.193. The first kappa shape index (κ1) is 56.4. The minimum Gasteiger partial charge on any atom is -0.392 e. The highest BCUT2D eigenvalue weighted by Gasteiger charge is 2.60. The number of hydrogen-bond donors (Lipinski definition) is 2. The summed E-state index contributed by atoms with van der Waals surface area (Å²) >= 11 is 0. The molecule has 18 heteroatoms. The Morgan fingerprint density at radius 3 is 2.39 bits per heavy atom. The third-order valence-electron chi connectivity index (χ3n) is 17.5. The summed E-state index contributed by atoms with van der Waals surface area (Å²) < 4.78 is 86.7. The van der Waals surface area contributed by atoms with Crippen LogP contribution in [0.2, 0.25) is 0 Å². The van der Waals surface area contributed by atoms with Gasteiger partial charge in [0.1, 0.15) is 36.3 Å². The van der Waals surface area contributed by atoms with E-state index >= 15 is 0 Å². The maximum absolute atomic E-state index is 14.4. The van der Waals surface area contributed by atoms with Crippen molar-refractivity contribution in [1.82, 2.24) is 20.3 Å². The van der Waals surface area contributed by atoms with E-state index in [0.717, 1.165) is 81.0 Å². The van der Waals surface area contributed by atoms with Crippen molar-refractivity contribution in [1.29, 1.82) is 0 Å². The highest BCUT2D eigenvalue weighted by Crippen LogP contribution is 2.45. The van der Waals surface area contributed by atoms with Gasteiger partial charge in [-0.3, -0.25) is 9.18 Å². The number of aliphatic hydroxyl groups is 1. The minimum atomic E-state index is -0.769. The zero-order chi connectivity index (χ0) is 52.0. The fourth-order valence-electron chi connectivity index (χ4n) is 13.0. The number of halogens is 1. The molecule has 0 spiro atoms. The molecule has 18 atom stereocenters. The third-order valence-corrected chi connectivity index (χ3v) is 17.5. The Hall–Kier alpha value is -2.30. The molecule has 8 fully saturated rings. The van der Waals surface area contributed by atoms with Crippen LogP contribution in [0.4, 0.5) is 4.39 Å². The van der Waals surface area contributed by atoms with Crippen molar-refractivity contribution in [3.05, 3.63) is 36.2 Å². The number of ether oxygens (including phenoxy) is 11. The van der Waals surface area contributed by atoms with E-state index in [2.05, 4.69) is 28.8 Å². The molecule has 1 aromatic heterocycles. The second-order valence-electron chi connectivity index (χ2n) is 23.5. The second kappa shape index (κ2) is 25.7. The van der Waals surface area contributed by atoms with Crippen LogP contribution in [-0.4, -0.2) is 182 Å². The van der Waals surface area contributed by atoms with Crippen molar-refractivity contribution in [3.8, 4) is 0 Å². The standard InChI is InChI=1S/C56H89FN4O13/c1-8-56(6,18-20-57)68-24-19-55(4,5)67-25-21-61-33-36(59-60-61)31-58-32-38(63)29-48-49(64-7)42-28-37(62)27-41-14-16-44-51(71-41)52(54-53(73-44)50-45(74-54)17-23-66-50)65-22-9-10-40-26-35(3)43(70-40)15-13-39-12-11-34(2)46(69-39)30-47(42)72-48/h33,38-54,58,63H,2-3,8-32H2,1,4-7H3/t38?,39?,40?,41-,42+,43?,44?,45-,46?,47+,48-,49-,50?,51+,52+,53+,54?,56?/m1/s1. The lowest BCUT2D eigenvalue weighted by atomic mass is 9.83. The number of carbonyl (C=O) groups is 1. The average molecular weight is 1050 g/mol. The molecule has 6 bridgehead atoms. The lowest BCUT2D eigenvalue weighted by molar-refractivity contribution is -0.271. The van der Waals surface area contributed by atoms with Crippen molar-refractivity contribution < 1.29 is 66.4 Å². The molecule has 17 nitrogen and oxygen atoms in total. The number of alkyl halides is 1. The predicted molar refractivity (Wildman–Crippen MR) is 271 cm³/mol.